The van der Waals surface area contributed by atoms with Crippen molar-refractivity contribution in [1.29, 1.82) is 0 Å². The summed E-state index contributed by atoms with van der Waals surface area (Å²) >= 11 is 1.78. The number of carbonyl (C=O) groups is 1. The van der Waals surface area contributed by atoms with Crippen molar-refractivity contribution in [3.05, 3.63) is 0 Å². The second kappa shape index (κ2) is 3.01. The van der Waals surface area contributed by atoms with Crippen molar-refractivity contribution in [3.63, 3.8) is 0 Å². The van der Waals surface area contributed by atoms with Gasteiger partial charge in [-0.3, -0.25) is 9.79 Å². The van der Waals surface area contributed by atoms with Gasteiger partial charge in [-0.1, -0.05) is 0 Å². The third kappa shape index (κ3) is 1.82. The lowest BCUT2D eigenvalue weighted by Gasteiger charge is -2.07. The van der Waals surface area contributed by atoms with Crippen LogP contribution in [0, 0.1) is 0 Å². The molecule has 1 aliphatic heterocycles. The maximum atomic E-state index is 10.7. The summed E-state index contributed by atoms with van der Waals surface area (Å²) in [6.45, 7) is 2.39. The third-order valence-electron chi connectivity index (χ3n) is 1.18. The fourth-order valence-electron chi connectivity index (χ4n) is 0.673. The van der Waals surface area contributed by atoms with E-state index in [0.717, 1.165) is 23.8 Å². The molecule has 0 N–H and O–H groups in total. The largest absolute Gasteiger partial charge is 0.293 e. The van der Waals surface area contributed by atoms with Crippen LogP contribution >= 0.6 is 11.8 Å². The molecule has 0 atom stereocenters. The van der Waals surface area contributed by atoms with E-state index in [1.807, 2.05) is 0 Å². The van der Waals surface area contributed by atoms with Crippen LogP contribution in [-0.2, 0) is 4.79 Å². The van der Waals surface area contributed by atoms with Crippen molar-refractivity contribution in [2.24, 2.45) is 4.99 Å². The van der Waals surface area contributed by atoms with E-state index in [-0.39, 0.29) is 5.78 Å². The topological polar surface area (TPSA) is 29.4 Å². The molecule has 9 heavy (non-hydrogen) atoms. The average Bonchev–Trinajstić information content (AvgIpc) is 1.90. The number of ketones is 1. The molecule has 0 aromatic carbocycles. The minimum atomic E-state index is 0.127. The molecule has 1 aliphatic rings. The minimum absolute atomic E-state index is 0.127. The highest BCUT2D eigenvalue weighted by molar-refractivity contribution is 8.00. The van der Waals surface area contributed by atoms with Gasteiger partial charge in [-0.2, -0.15) is 11.8 Å². The van der Waals surface area contributed by atoms with Gasteiger partial charge in [-0.15, -0.1) is 0 Å². The van der Waals surface area contributed by atoms with E-state index in [2.05, 4.69) is 4.99 Å². The van der Waals surface area contributed by atoms with Crippen LogP contribution in [0.2, 0.25) is 0 Å². The lowest BCUT2D eigenvalue weighted by molar-refractivity contribution is -0.111. The molecular weight excluding hydrogens is 134 g/mol. The van der Waals surface area contributed by atoms with Gasteiger partial charge in [-0.05, 0) is 0 Å². The Balaban J connectivity index is 2.57. The molecule has 3 heteroatoms. The highest BCUT2D eigenvalue weighted by atomic mass is 32.2. The number of Topliss-reactive ketones (excluding diaryl/α,β-unsaturated/α-hetero) is 1. The van der Waals surface area contributed by atoms with E-state index in [0.29, 0.717) is 0 Å². The fraction of sp³-hybridized carbons (Fsp3) is 0.667. The Morgan fingerprint density at radius 1 is 1.78 bits per heavy atom. The molecule has 1 heterocycles. The number of hydrogen-bond donors (Lipinski definition) is 0. The van der Waals surface area contributed by atoms with Gasteiger partial charge in [0.15, 0.2) is 5.78 Å². The summed E-state index contributed by atoms with van der Waals surface area (Å²) in [5.41, 5.74) is 0.756. The Morgan fingerprint density at radius 3 is 2.89 bits per heavy atom. The van der Waals surface area contributed by atoms with Gasteiger partial charge in [0.25, 0.3) is 0 Å². The second-order valence-electron chi connectivity index (χ2n) is 1.94. The number of carbonyl (C=O) groups excluding carboxylic acids is 1. The van der Waals surface area contributed by atoms with Gasteiger partial charge in [0, 0.05) is 25.0 Å². The van der Waals surface area contributed by atoms with Crippen molar-refractivity contribution in [3.8, 4) is 0 Å². The molecule has 0 bridgehead atoms. The average molecular weight is 143 g/mol. The highest BCUT2D eigenvalue weighted by Gasteiger charge is 2.08. The Hall–Kier alpha value is -0.310. The van der Waals surface area contributed by atoms with Crippen molar-refractivity contribution >= 4 is 23.3 Å². The van der Waals surface area contributed by atoms with Gasteiger partial charge in [0.05, 0.1) is 5.71 Å². The third-order valence-corrected chi connectivity index (χ3v) is 2.13. The molecule has 0 radical (unpaired) electrons. The maximum Gasteiger partial charge on any atom is 0.174 e. The van der Waals surface area contributed by atoms with Gasteiger partial charge in [0.2, 0.25) is 0 Å². The zero-order valence-corrected chi connectivity index (χ0v) is 6.20. The lowest BCUT2D eigenvalue weighted by Crippen LogP contribution is -2.17. The summed E-state index contributed by atoms with van der Waals surface area (Å²) in [7, 11) is 0. The van der Waals surface area contributed by atoms with Crippen molar-refractivity contribution in [1.82, 2.24) is 0 Å². The van der Waals surface area contributed by atoms with E-state index in [1.165, 1.54) is 0 Å². The molecule has 0 spiro atoms. The first-order valence-electron chi connectivity index (χ1n) is 2.92. The Morgan fingerprint density at radius 2 is 2.56 bits per heavy atom. The van der Waals surface area contributed by atoms with Crippen LogP contribution < -0.4 is 0 Å². The summed E-state index contributed by atoms with van der Waals surface area (Å²) < 4.78 is 0. The lowest BCUT2D eigenvalue weighted by atomic mass is 10.3. The fourth-order valence-corrected chi connectivity index (χ4v) is 1.53. The van der Waals surface area contributed by atoms with Crippen LogP contribution in [0.15, 0.2) is 4.99 Å². The van der Waals surface area contributed by atoms with Gasteiger partial charge < -0.3 is 0 Å². The van der Waals surface area contributed by atoms with Crippen LogP contribution in [0.3, 0.4) is 0 Å². The predicted octanol–water partition coefficient (Wildman–Crippen LogP) is 0.763. The van der Waals surface area contributed by atoms with Crippen molar-refractivity contribution < 1.29 is 4.79 Å². The van der Waals surface area contributed by atoms with Gasteiger partial charge in [0.1, 0.15) is 0 Å². The number of thioether (sulfide) groups is 1. The normalized spacial score (nSPS) is 19.0. The molecule has 0 aromatic rings. The molecule has 0 saturated heterocycles. The zero-order valence-electron chi connectivity index (χ0n) is 5.39. The number of rotatable bonds is 1. The first-order chi connectivity index (χ1) is 4.30. The van der Waals surface area contributed by atoms with Crippen LogP contribution in [0.1, 0.15) is 6.92 Å². The second-order valence-corrected chi connectivity index (χ2v) is 3.04. The number of hydrogen-bond acceptors (Lipinski definition) is 3. The molecule has 0 fully saturated rings. The number of nitrogens with zero attached hydrogens (tertiary/aromatic N) is 1. The molecular formula is C6H9NOS. The monoisotopic (exact) mass is 143 g/mol. The molecule has 50 valence electrons. The molecule has 2 nitrogen and oxygen atoms in total. The van der Waals surface area contributed by atoms with E-state index in [9.17, 15) is 4.79 Å². The Kier molecular flexibility index (Phi) is 2.28. The number of aliphatic imine (C=N–C) groups is 1. The standard InChI is InChI=1S/C6H9NOS/c1-5(8)6-4-9-3-2-7-6/h2-4H2,1H3. The summed E-state index contributed by atoms with van der Waals surface area (Å²) in [4.78, 5) is 14.7. The van der Waals surface area contributed by atoms with Crippen LogP contribution in [0.4, 0.5) is 0 Å². The molecule has 0 saturated carbocycles. The molecule has 0 amide bonds. The van der Waals surface area contributed by atoms with E-state index in [1.54, 1.807) is 18.7 Å². The smallest absolute Gasteiger partial charge is 0.174 e. The Labute approximate surface area is 58.7 Å². The van der Waals surface area contributed by atoms with Gasteiger partial charge >= 0.3 is 0 Å². The summed E-state index contributed by atoms with van der Waals surface area (Å²) in [6, 6.07) is 0. The summed E-state index contributed by atoms with van der Waals surface area (Å²) in [5, 5.41) is 0. The van der Waals surface area contributed by atoms with Gasteiger partial charge in [-0.25, -0.2) is 0 Å². The summed E-state index contributed by atoms with van der Waals surface area (Å²) in [5.74, 6) is 2.01. The predicted molar refractivity (Wildman–Crippen MR) is 40.3 cm³/mol. The van der Waals surface area contributed by atoms with E-state index in [4.69, 9.17) is 0 Å². The zero-order chi connectivity index (χ0) is 6.69. The molecule has 0 aliphatic carbocycles. The maximum absolute atomic E-state index is 10.7. The molecule has 1 rings (SSSR count). The summed E-state index contributed by atoms with van der Waals surface area (Å²) in [6.07, 6.45) is 0. The van der Waals surface area contributed by atoms with Crippen molar-refractivity contribution in [2.75, 3.05) is 18.1 Å². The quantitative estimate of drug-likeness (QED) is 0.542. The SMILES string of the molecule is CC(=O)C1=NCCSC1. The Bertz CT molecular complexity index is 153. The molecule has 0 aromatic heterocycles. The van der Waals surface area contributed by atoms with E-state index >= 15 is 0 Å². The van der Waals surface area contributed by atoms with Crippen LogP contribution in [0.25, 0.3) is 0 Å². The van der Waals surface area contributed by atoms with Crippen LogP contribution in [0.5, 0.6) is 0 Å². The molecule has 0 unspecified atom stereocenters. The van der Waals surface area contributed by atoms with Crippen LogP contribution in [-0.4, -0.2) is 29.5 Å². The van der Waals surface area contributed by atoms with E-state index < -0.39 is 0 Å². The minimum Gasteiger partial charge on any atom is -0.293 e. The first-order valence-corrected chi connectivity index (χ1v) is 4.08. The first kappa shape index (κ1) is 6.81. The highest BCUT2D eigenvalue weighted by Crippen LogP contribution is 2.06. The van der Waals surface area contributed by atoms with Crippen molar-refractivity contribution in [2.45, 2.75) is 6.92 Å².